The largest absolute Gasteiger partial charge is 0.343 e. The molecule has 1 saturated carbocycles. The zero-order chi connectivity index (χ0) is 14.2. The van der Waals surface area contributed by atoms with Crippen molar-refractivity contribution in [1.82, 2.24) is 10.2 Å². The van der Waals surface area contributed by atoms with Gasteiger partial charge in [0.1, 0.15) is 12.1 Å². The van der Waals surface area contributed by atoms with Crippen LogP contribution in [0.25, 0.3) is 0 Å². The van der Waals surface area contributed by atoms with Crippen LogP contribution in [0.2, 0.25) is 0 Å². The molecule has 0 radical (unpaired) electrons. The van der Waals surface area contributed by atoms with Gasteiger partial charge >= 0.3 is 0 Å². The molecule has 1 heterocycles. The highest BCUT2D eigenvalue weighted by Crippen LogP contribution is 2.42. The smallest absolute Gasteiger partial charge is 0.246 e. The van der Waals surface area contributed by atoms with Gasteiger partial charge < -0.3 is 10.2 Å². The SMILES string of the molecule is CCC1(N2C(=O)C(CC(C)C)NC(=O)C2C)CCC1. The van der Waals surface area contributed by atoms with Gasteiger partial charge in [0.05, 0.1) is 0 Å². The lowest BCUT2D eigenvalue weighted by Gasteiger charge is -2.54. The molecule has 2 amide bonds. The summed E-state index contributed by atoms with van der Waals surface area (Å²) in [5.74, 6) is 0.538. The van der Waals surface area contributed by atoms with E-state index in [0.717, 1.165) is 25.7 Å². The summed E-state index contributed by atoms with van der Waals surface area (Å²) in [6, 6.07) is -0.649. The van der Waals surface area contributed by atoms with E-state index in [0.29, 0.717) is 5.92 Å². The van der Waals surface area contributed by atoms with Gasteiger partial charge in [-0.3, -0.25) is 9.59 Å². The fraction of sp³-hybridized carbons (Fsp3) is 0.867. The van der Waals surface area contributed by atoms with Crippen molar-refractivity contribution in [2.75, 3.05) is 0 Å². The lowest BCUT2D eigenvalue weighted by molar-refractivity contribution is -0.161. The van der Waals surface area contributed by atoms with Crippen molar-refractivity contribution in [3.05, 3.63) is 0 Å². The second-order valence-electron chi connectivity index (χ2n) is 6.51. The van der Waals surface area contributed by atoms with Gasteiger partial charge in [0.2, 0.25) is 11.8 Å². The van der Waals surface area contributed by atoms with Crippen molar-refractivity contribution in [3.8, 4) is 0 Å². The molecule has 2 atom stereocenters. The highest BCUT2D eigenvalue weighted by Gasteiger charge is 2.50. The maximum Gasteiger partial charge on any atom is 0.246 e. The summed E-state index contributed by atoms with van der Waals surface area (Å²) in [5.41, 5.74) is -0.0521. The van der Waals surface area contributed by atoms with Crippen LogP contribution in [0.3, 0.4) is 0 Å². The molecule has 4 nitrogen and oxygen atoms in total. The molecule has 19 heavy (non-hydrogen) atoms. The summed E-state index contributed by atoms with van der Waals surface area (Å²) in [6.45, 7) is 8.15. The fourth-order valence-corrected chi connectivity index (χ4v) is 3.46. The molecule has 2 aliphatic rings. The van der Waals surface area contributed by atoms with Gasteiger partial charge in [-0.15, -0.1) is 0 Å². The van der Waals surface area contributed by atoms with Crippen LogP contribution in [-0.4, -0.2) is 34.3 Å². The quantitative estimate of drug-likeness (QED) is 0.847. The summed E-state index contributed by atoms with van der Waals surface area (Å²) in [5, 5.41) is 2.89. The molecule has 2 fully saturated rings. The van der Waals surface area contributed by atoms with E-state index in [9.17, 15) is 9.59 Å². The zero-order valence-corrected chi connectivity index (χ0v) is 12.5. The van der Waals surface area contributed by atoms with E-state index >= 15 is 0 Å². The Hall–Kier alpha value is -1.06. The Kier molecular flexibility index (Phi) is 3.88. The van der Waals surface area contributed by atoms with E-state index in [1.165, 1.54) is 6.42 Å². The Bertz CT molecular complexity index is 369. The summed E-state index contributed by atoms with van der Waals surface area (Å²) >= 11 is 0. The van der Waals surface area contributed by atoms with Crippen LogP contribution in [0.4, 0.5) is 0 Å². The molecule has 1 aliphatic carbocycles. The van der Waals surface area contributed by atoms with Crippen molar-refractivity contribution in [3.63, 3.8) is 0 Å². The van der Waals surface area contributed by atoms with Crippen molar-refractivity contribution in [2.24, 2.45) is 5.92 Å². The molecule has 2 rings (SSSR count). The monoisotopic (exact) mass is 266 g/mol. The van der Waals surface area contributed by atoms with Gasteiger partial charge in [-0.2, -0.15) is 0 Å². The molecule has 4 heteroatoms. The van der Waals surface area contributed by atoms with Gasteiger partial charge in [-0.1, -0.05) is 20.8 Å². The second-order valence-corrected chi connectivity index (χ2v) is 6.51. The van der Waals surface area contributed by atoms with E-state index in [4.69, 9.17) is 0 Å². The summed E-state index contributed by atoms with van der Waals surface area (Å²) in [6.07, 6.45) is 4.93. The van der Waals surface area contributed by atoms with Crippen molar-refractivity contribution >= 4 is 11.8 Å². The molecule has 2 unspecified atom stereocenters. The maximum absolute atomic E-state index is 12.7. The molecule has 1 aliphatic heterocycles. The van der Waals surface area contributed by atoms with Crippen LogP contribution in [0.5, 0.6) is 0 Å². The molecular weight excluding hydrogens is 240 g/mol. The van der Waals surface area contributed by atoms with Gasteiger partial charge in [-0.05, 0) is 44.9 Å². The molecule has 0 aromatic rings. The molecule has 0 aromatic carbocycles. The maximum atomic E-state index is 12.7. The molecule has 108 valence electrons. The number of nitrogens with zero attached hydrogens (tertiary/aromatic N) is 1. The number of piperazine rings is 1. The Balaban J connectivity index is 2.24. The van der Waals surface area contributed by atoms with E-state index in [1.807, 2.05) is 11.8 Å². The normalized spacial score (nSPS) is 30.3. The summed E-state index contributed by atoms with van der Waals surface area (Å²) in [7, 11) is 0. The Morgan fingerprint density at radius 1 is 1.37 bits per heavy atom. The highest BCUT2D eigenvalue weighted by atomic mass is 16.2. The fourth-order valence-electron chi connectivity index (χ4n) is 3.46. The minimum absolute atomic E-state index is 0.00461. The molecule has 0 bridgehead atoms. The van der Waals surface area contributed by atoms with Gasteiger partial charge in [0.15, 0.2) is 0 Å². The predicted octanol–water partition coefficient (Wildman–Crippen LogP) is 2.08. The highest BCUT2D eigenvalue weighted by molar-refractivity contribution is 5.97. The van der Waals surface area contributed by atoms with Crippen LogP contribution in [0.1, 0.15) is 59.8 Å². The molecule has 1 N–H and O–H groups in total. The summed E-state index contributed by atoms with van der Waals surface area (Å²) in [4.78, 5) is 26.8. The molecule has 0 spiro atoms. The molecular formula is C15H26N2O2. The second kappa shape index (κ2) is 5.14. The number of hydrogen-bond donors (Lipinski definition) is 1. The van der Waals surface area contributed by atoms with Crippen LogP contribution >= 0.6 is 0 Å². The van der Waals surface area contributed by atoms with Crippen molar-refractivity contribution in [1.29, 1.82) is 0 Å². The average molecular weight is 266 g/mol. The number of amides is 2. The Morgan fingerprint density at radius 3 is 2.42 bits per heavy atom. The van der Waals surface area contributed by atoms with Crippen molar-refractivity contribution in [2.45, 2.75) is 77.4 Å². The number of hydrogen-bond acceptors (Lipinski definition) is 2. The number of carbonyl (C=O) groups excluding carboxylic acids is 2. The van der Waals surface area contributed by atoms with E-state index in [2.05, 4.69) is 26.1 Å². The van der Waals surface area contributed by atoms with Crippen LogP contribution in [-0.2, 0) is 9.59 Å². The van der Waals surface area contributed by atoms with Gasteiger partial charge in [0, 0.05) is 5.54 Å². The minimum atomic E-state index is -0.326. The van der Waals surface area contributed by atoms with Crippen LogP contribution < -0.4 is 5.32 Å². The first kappa shape index (κ1) is 14.4. The van der Waals surface area contributed by atoms with E-state index in [1.54, 1.807) is 0 Å². The average Bonchev–Trinajstić information content (AvgIpc) is 2.28. The summed E-state index contributed by atoms with van der Waals surface area (Å²) < 4.78 is 0. The number of carbonyl (C=O) groups is 2. The number of nitrogens with one attached hydrogen (secondary N) is 1. The Morgan fingerprint density at radius 2 is 2.00 bits per heavy atom. The van der Waals surface area contributed by atoms with E-state index < -0.39 is 0 Å². The third-order valence-corrected chi connectivity index (χ3v) is 4.78. The first-order valence-corrected chi connectivity index (χ1v) is 7.55. The van der Waals surface area contributed by atoms with Crippen molar-refractivity contribution < 1.29 is 9.59 Å². The lowest BCUT2D eigenvalue weighted by Crippen LogP contribution is -2.70. The minimum Gasteiger partial charge on any atom is -0.343 e. The topological polar surface area (TPSA) is 49.4 Å². The first-order chi connectivity index (χ1) is 8.91. The van der Waals surface area contributed by atoms with E-state index in [-0.39, 0.29) is 29.4 Å². The lowest BCUT2D eigenvalue weighted by atomic mass is 9.72. The molecule has 1 saturated heterocycles. The van der Waals surface area contributed by atoms with Gasteiger partial charge in [-0.25, -0.2) is 0 Å². The number of rotatable bonds is 4. The van der Waals surface area contributed by atoms with Crippen LogP contribution in [0.15, 0.2) is 0 Å². The van der Waals surface area contributed by atoms with Crippen LogP contribution in [0, 0.1) is 5.92 Å². The first-order valence-electron chi connectivity index (χ1n) is 7.55. The standard InChI is InChI=1S/C15H26N2O2/c1-5-15(7-6-8-15)17-11(4)13(18)16-12(14(17)19)9-10(2)3/h10-12H,5-9H2,1-4H3,(H,16,18). The zero-order valence-electron chi connectivity index (χ0n) is 12.5. The third-order valence-electron chi connectivity index (χ3n) is 4.78. The predicted molar refractivity (Wildman–Crippen MR) is 74.6 cm³/mol. The molecule has 0 aromatic heterocycles. The third kappa shape index (κ3) is 2.37. The van der Waals surface area contributed by atoms with Gasteiger partial charge in [0.25, 0.3) is 0 Å². The Labute approximate surface area is 115 Å².